The Labute approximate surface area is 113 Å². The first kappa shape index (κ1) is 13.4. The fourth-order valence-electron chi connectivity index (χ4n) is 1.93. The third-order valence-electron chi connectivity index (χ3n) is 3.00. The Bertz CT molecular complexity index is 483. The van der Waals surface area contributed by atoms with E-state index in [2.05, 4.69) is 5.32 Å². The largest absolute Gasteiger partial charge is 0.398 e. The van der Waals surface area contributed by atoms with E-state index in [0.717, 1.165) is 12.8 Å². The van der Waals surface area contributed by atoms with Gasteiger partial charge in [-0.3, -0.25) is 9.00 Å². The topological polar surface area (TPSA) is 72.2 Å². The van der Waals surface area contributed by atoms with Crippen molar-refractivity contribution < 1.29 is 9.00 Å². The van der Waals surface area contributed by atoms with Crippen LogP contribution in [-0.2, 0) is 10.8 Å². The molecule has 0 aromatic heterocycles. The van der Waals surface area contributed by atoms with Crippen LogP contribution in [0.2, 0.25) is 5.02 Å². The van der Waals surface area contributed by atoms with Crippen molar-refractivity contribution in [1.82, 2.24) is 5.32 Å². The van der Waals surface area contributed by atoms with Crippen LogP contribution in [0.5, 0.6) is 0 Å². The van der Waals surface area contributed by atoms with Crippen LogP contribution in [0.15, 0.2) is 18.2 Å². The third-order valence-corrected chi connectivity index (χ3v) is 4.80. The normalized spacial score (nSPS) is 23.6. The maximum atomic E-state index is 12.0. The molecule has 1 fully saturated rings. The van der Waals surface area contributed by atoms with Gasteiger partial charge in [-0.1, -0.05) is 17.7 Å². The lowest BCUT2D eigenvalue weighted by atomic mass is 10.1. The minimum atomic E-state index is -0.726. The monoisotopic (exact) mass is 286 g/mol. The molecule has 0 aliphatic carbocycles. The van der Waals surface area contributed by atoms with Gasteiger partial charge in [0.05, 0.1) is 16.3 Å². The van der Waals surface area contributed by atoms with Crippen LogP contribution < -0.4 is 11.1 Å². The summed E-state index contributed by atoms with van der Waals surface area (Å²) in [5, 5.41) is 3.20. The van der Waals surface area contributed by atoms with E-state index in [1.807, 2.05) is 0 Å². The third kappa shape index (κ3) is 3.03. The van der Waals surface area contributed by atoms with Gasteiger partial charge in [0.1, 0.15) is 0 Å². The van der Waals surface area contributed by atoms with Crippen molar-refractivity contribution >= 4 is 34.0 Å². The molecule has 18 heavy (non-hydrogen) atoms. The molecule has 0 atom stereocenters. The number of carbonyl (C=O) groups excluding carboxylic acids is 1. The molecular weight excluding hydrogens is 272 g/mol. The Balaban J connectivity index is 2.03. The number of amides is 1. The Morgan fingerprint density at radius 2 is 2.06 bits per heavy atom. The zero-order valence-corrected chi connectivity index (χ0v) is 11.4. The molecule has 0 unspecified atom stereocenters. The second-order valence-electron chi connectivity index (χ2n) is 4.30. The number of hydrogen-bond donors (Lipinski definition) is 2. The van der Waals surface area contributed by atoms with Crippen LogP contribution in [0.4, 0.5) is 5.69 Å². The number of rotatable bonds is 2. The van der Waals surface area contributed by atoms with Gasteiger partial charge in [-0.05, 0) is 25.0 Å². The highest BCUT2D eigenvalue weighted by atomic mass is 35.5. The molecule has 6 heteroatoms. The average Bonchev–Trinajstić information content (AvgIpc) is 2.35. The first-order chi connectivity index (χ1) is 8.58. The van der Waals surface area contributed by atoms with Gasteiger partial charge < -0.3 is 11.1 Å². The number of halogens is 1. The number of benzene rings is 1. The molecule has 1 saturated heterocycles. The lowest BCUT2D eigenvalue weighted by Gasteiger charge is -2.22. The summed E-state index contributed by atoms with van der Waals surface area (Å²) in [5.41, 5.74) is 6.45. The number of hydrogen-bond acceptors (Lipinski definition) is 3. The van der Waals surface area contributed by atoms with E-state index in [4.69, 9.17) is 17.3 Å². The predicted octanol–water partition coefficient (Wildman–Crippen LogP) is 1.56. The van der Waals surface area contributed by atoms with Crippen molar-refractivity contribution in [1.29, 1.82) is 0 Å². The van der Waals surface area contributed by atoms with E-state index >= 15 is 0 Å². The van der Waals surface area contributed by atoms with Gasteiger partial charge in [0.15, 0.2) is 0 Å². The number of nitrogens with two attached hydrogens (primary N) is 1. The molecule has 1 heterocycles. The summed E-state index contributed by atoms with van der Waals surface area (Å²) in [6.07, 6.45) is 1.50. The van der Waals surface area contributed by atoms with E-state index < -0.39 is 10.8 Å². The fraction of sp³-hybridized carbons (Fsp3) is 0.417. The van der Waals surface area contributed by atoms with Gasteiger partial charge in [0, 0.05) is 28.3 Å². The van der Waals surface area contributed by atoms with Crippen LogP contribution in [0, 0.1) is 0 Å². The van der Waals surface area contributed by atoms with Gasteiger partial charge >= 0.3 is 0 Å². The number of anilines is 1. The highest BCUT2D eigenvalue weighted by molar-refractivity contribution is 7.85. The maximum absolute atomic E-state index is 12.0. The van der Waals surface area contributed by atoms with Crippen LogP contribution in [0.1, 0.15) is 23.2 Å². The molecule has 1 aliphatic heterocycles. The molecule has 0 spiro atoms. The van der Waals surface area contributed by atoms with Crippen molar-refractivity contribution in [3.05, 3.63) is 28.8 Å². The second kappa shape index (κ2) is 5.71. The Morgan fingerprint density at radius 3 is 2.72 bits per heavy atom. The van der Waals surface area contributed by atoms with Gasteiger partial charge in [0.2, 0.25) is 0 Å². The molecule has 1 aromatic carbocycles. The minimum Gasteiger partial charge on any atom is -0.398 e. The summed E-state index contributed by atoms with van der Waals surface area (Å²) >= 11 is 5.99. The van der Waals surface area contributed by atoms with Crippen LogP contribution >= 0.6 is 11.6 Å². The second-order valence-corrected chi connectivity index (χ2v) is 6.38. The summed E-state index contributed by atoms with van der Waals surface area (Å²) in [6, 6.07) is 5.08. The van der Waals surface area contributed by atoms with Crippen molar-refractivity contribution in [2.75, 3.05) is 17.2 Å². The van der Waals surface area contributed by atoms with Crippen molar-refractivity contribution in [3.63, 3.8) is 0 Å². The molecule has 0 bridgehead atoms. The summed E-state index contributed by atoms with van der Waals surface area (Å²) in [5.74, 6) is 1.08. The van der Waals surface area contributed by atoms with E-state index in [-0.39, 0.29) is 17.0 Å². The lowest BCUT2D eigenvalue weighted by Crippen LogP contribution is -2.39. The number of nitrogens with one attached hydrogen (secondary N) is 1. The summed E-state index contributed by atoms with van der Waals surface area (Å²) < 4.78 is 11.2. The Hall–Kier alpha value is -1.07. The molecule has 4 nitrogen and oxygen atoms in total. The van der Waals surface area contributed by atoms with Gasteiger partial charge in [0.25, 0.3) is 5.91 Å². The number of nitrogen functional groups attached to an aromatic ring is 1. The Morgan fingerprint density at radius 1 is 1.39 bits per heavy atom. The fourth-order valence-corrected chi connectivity index (χ4v) is 3.44. The maximum Gasteiger partial charge on any atom is 0.253 e. The summed E-state index contributed by atoms with van der Waals surface area (Å²) in [7, 11) is -0.726. The molecule has 0 radical (unpaired) electrons. The van der Waals surface area contributed by atoms with Crippen LogP contribution in [0.3, 0.4) is 0 Å². The molecular formula is C12H15ClN2O2S. The van der Waals surface area contributed by atoms with Gasteiger partial charge in [-0.2, -0.15) is 0 Å². The van der Waals surface area contributed by atoms with Gasteiger partial charge in [-0.25, -0.2) is 0 Å². The molecule has 98 valence electrons. The molecule has 0 saturated carbocycles. The highest BCUT2D eigenvalue weighted by Crippen LogP contribution is 2.23. The van der Waals surface area contributed by atoms with Gasteiger partial charge in [-0.15, -0.1) is 0 Å². The molecule has 1 amide bonds. The number of carbonyl (C=O) groups is 1. The summed E-state index contributed by atoms with van der Waals surface area (Å²) in [6.45, 7) is 0. The first-order valence-electron chi connectivity index (χ1n) is 5.77. The first-order valence-corrected chi connectivity index (χ1v) is 7.64. The zero-order chi connectivity index (χ0) is 13.1. The lowest BCUT2D eigenvalue weighted by molar-refractivity contribution is 0.0935. The predicted molar refractivity (Wildman–Crippen MR) is 74.2 cm³/mol. The quantitative estimate of drug-likeness (QED) is 0.811. The van der Waals surface area contributed by atoms with E-state index in [1.165, 1.54) is 0 Å². The standard InChI is InChI=1S/C12H15ClN2O2S/c13-11-9(2-1-3-10(11)14)12(16)15-8-4-6-18(17)7-5-8/h1-3,8H,4-7,14H2,(H,15,16). The molecule has 3 N–H and O–H groups in total. The SMILES string of the molecule is Nc1cccc(C(=O)NC2CCS(=O)CC2)c1Cl. The average molecular weight is 287 g/mol. The van der Waals surface area contributed by atoms with Crippen molar-refractivity contribution in [2.24, 2.45) is 0 Å². The molecule has 1 aliphatic rings. The zero-order valence-electron chi connectivity index (χ0n) is 9.82. The minimum absolute atomic E-state index is 0.0766. The molecule has 2 rings (SSSR count). The highest BCUT2D eigenvalue weighted by Gasteiger charge is 2.21. The van der Waals surface area contributed by atoms with E-state index in [9.17, 15) is 9.00 Å². The van der Waals surface area contributed by atoms with E-state index in [0.29, 0.717) is 22.8 Å². The molecule has 1 aromatic rings. The smallest absolute Gasteiger partial charge is 0.253 e. The van der Waals surface area contributed by atoms with Crippen molar-refractivity contribution in [3.8, 4) is 0 Å². The van der Waals surface area contributed by atoms with E-state index in [1.54, 1.807) is 18.2 Å². The van der Waals surface area contributed by atoms with Crippen LogP contribution in [0.25, 0.3) is 0 Å². The van der Waals surface area contributed by atoms with Crippen LogP contribution in [-0.4, -0.2) is 27.7 Å². The summed E-state index contributed by atoms with van der Waals surface area (Å²) in [4.78, 5) is 12.0. The Kier molecular flexibility index (Phi) is 4.24. The van der Waals surface area contributed by atoms with Crippen molar-refractivity contribution in [2.45, 2.75) is 18.9 Å².